The molecule has 2 aromatic rings. The van der Waals surface area contributed by atoms with Crippen LogP contribution in [-0.4, -0.2) is 13.1 Å². The molecule has 19 heavy (non-hydrogen) atoms. The minimum Gasteiger partial charge on any atom is -0.465 e. The molecule has 0 bridgehead atoms. The average Bonchev–Trinajstić information content (AvgIpc) is 2.38. The van der Waals surface area contributed by atoms with Gasteiger partial charge < -0.3 is 4.74 Å². The average molecular weight is 299 g/mol. The molecule has 0 radical (unpaired) electrons. The topological polar surface area (TPSA) is 26.3 Å². The fourth-order valence-electron chi connectivity index (χ4n) is 1.74. The summed E-state index contributed by atoms with van der Waals surface area (Å²) >= 11 is 11.9. The van der Waals surface area contributed by atoms with Gasteiger partial charge in [0.1, 0.15) is 5.82 Å². The highest BCUT2D eigenvalue weighted by molar-refractivity contribution is 6.36. The van der Waals surface area contributed by atoms with Crippen molar-refractivity contribution < 1.29 is 13.9 Å². The van der Waals surface area contributed by atoms with Crippen molar-refractivity contribution in [2.45, 2.75) is 0 Å². The summed E-state index contributed by atoms with van der Waals surface area (Å²) in [7, 11) is 1.24. The molecule has 2 aromatic carbocycles. The number of hydrogen-bond donors (Lipinski definition) is 0. The lowest BCUT2D eigenvalue weighted by Crippen LogP contribution is -2.04. The second-order valence-electron chi connectivity index (χ2n) is 3.81. The third-order valence-corrected chi connectivity index (χ3v) is 3.16. The van der Waals surface area contributed by atoms with Gasteiger partial charge in [0.15, 0.2) is 0 Å². The Labute approximate surface area is 119 Å². The maximum Gasteiger partial charge on any atom is 0.338 e. The molecule has 0 aliphatic carbocycles. The van der Waals surface area contributed by atoms with E-state index in [9.17, 15) is 9.18 Å². The molecular weight excluding hydrogens is 290 g/mol. The van der Waals surface area contributed by atoms with E-state index in [1.54, 1.807) is 18.2 Å². The van der Waals surface area contributed by atoms with Crippen molar-refractivity contribution in [3.63, 3.8) is 0 Å². The molecule has 0 heterocycles. The zero-order chi connectivity index (χ0) is 14.0. The SMILES string of the molecule is COC(=O)c1cc(F)ccc1-c1ccc(Cl)cc1Cl. The summed E-state index contributed by atoms with van der Waals surface area (Å²) in [5.74, 6) is -1.14. The fraction of sp³-hybridized carbons (Fsp3) is 0.0714. The molecule has 98 valence electrons. The number of methoxy groups -OCH3 is 1. The third kappa shape index (κ3) is 2.88. The molecule has 0 fully saturated rings. The highest BCUT2D eigenvalue weighted by Gasteiger charge is 2.16. The standard InChI is InChI=1S/C14H9Cl2FO2/c1-19-14(18)12-7-9(17)3-5-10(12)11-4-2-8(15)6-13(11)16/h2-7H,1H3. The van der Waals surface area contributed by atoms with E-state index in [2.05, 4.69) is 4.74 Å². The highest BCUT2D eigenvalue weighted by Crippen LogP contribution is 2.33. The van der Waals surface area contributed by atoms with Gasteiger partial charge in [-0.1, -0.05) is 35.3 Å². The molecule has 0 atom stereocenters. The summed E-state index contributed by atoms with van der Waals surface area (Å²) in [6, 6.07) is 8.73. The van der Waals surface area contributed by atoms with Crippen LogP contribution in [0.1, 0.15) is 10.4 Å². The van der Waals surface area contributed by atoms with E-state index in [4.69, 9.17) is 23.2 Å². The summed E-state index contributed by atoms with van der Waals surface area (Å²) in [6.07, 6.45) is 0. The predicted molar refractivity (Wildman–Crippen MR) is 73.2 cm³/mol. The monoisotopic (exact) mass is 298 g/mol. The Kier molecular flexibility index (Phi) is 4.08. The van der Waals surface area contributed by atoms with Crippen molar-refractivity contribution in [2.75, 3.05) is 7.11 Å². The van der Waals surface area contributed by atoms with Crippen LogP contribution in [-0.2, 0) is 4.74 Å². The number of carbonyl (C=O) groups is 1. The molecule has 0 aliphatic heterocycles. The van der Waals surface area contributed by atoms with E-state index in [1.165, 1.54) is 19.2 Å². The molecule has 2 nitrogen and oxygen atoms in total. The van der Waals surface area contributed by atoms with E-state index >= 15 is 0 Å². The second kappa shape index (κ2) is 5.59. The minimum absolute atomic E-state index is 0.117. The number of ether oxygens (including phenoxy) is 1. The molecule has 0 aliphatic rings. The summed E-state index contributed by atoms with van der Waals surface area (Å²) in [4.78, 5) is 11.7. The van der Waals surface area contributed by atoms with Crippen LogP contribution in [0.4, 0.5) is 4.39 Å². The number of hydrogen-bond acceptors (Lipinski definition) is 2. The summed E-state index contributed by atoms with van der Waals surface area (Å²) < 4.78 is 17.9. The summed E-state index contributed by atoms with van der Waals surface area (Å²) in [6.45, 7) is 0. The van der Waals surface area contributed by atoms with Gasteiger partial charge in [-0.25, -0.2) is 9.18 Å². The van der Waals surface area contributed by atoms with Crippen LogP contribution >= 0.6 is 23.2 Å². The lowest BCUT2D eigenvalue weighted by atomic mass is 9.99. The van der Waals surface area contributed by atoms with Crippen LogP contribution in [0.15, 0.2) is 36.4 Å². The molecule has 0 saturated carbocycles. The number of esters is 1. The quantitative estimate of drug-likeness (QED) is 0.758. The van der Waals surface area contributed by atoms with Crippen molar-refractivity contribution in [1.82, 2.24) is 0 Å². The maximum atomic E-state index is 13.3. The smallest absolute Gasteiger partial charge is 0.338 e. The third-order valence-electron chi connectivity index (χ3n) is 2.61. The van der Waals surface area contributed by atoms with Gasteiger partial charge in [0.2, 0.25) is 0 Å². The number of halogens is 3. The normalized spacial score (nSPS) is 10.3. The van der Waals surface area contributed by atoms with Gasteiger partial charge in [-0.3, -0.25) is 0 Å². The highest BCUT2D eigenvalue weighted by atomic mass is 35.5. The first-order chi connectivity index (χ1) is 9.02. The molecular formula is C14H9Cl2FO2. The van der Waals surface area contributed by atoms with Gasteiger partial charge in [0.05, 0.1) is 12.7 Å². The van der Waals surface area contributed by atoms with Crippen molar-refractivity contribution in [3.05, 3.63) is 57.8 Å². The van der Waals surface area contributed by atoms with Gasteiger partial charge in [0, 0.05) is 15.6 Å². The van der Waals surface area contributed by atoms with Gasteiger partial charge in [-0.05, 0) is 29.8 Å². The molecule has 0 unspecified atom stereocenters. The van der Waals surface area contributed by atoms with Crippen LogP contribution in [0.5, 0.6) is 0 Å². The number of carbonyl (C=O) groups excluding carboxylic acids is 1. The Balaban J connectivity index is 2.64. The Morgan fingerprint density at radius 1 is 1.11 bits per heavy atom. The first-order valence-corrected chi connectivity index (χ1v) is 6.12. The molecule has 2 rings (SSSR count). The van der Waals surface area contributed by atoms with Gasteiger partial charge >= 0.3 is 5.97 Å². The molecule has 0 spiro atoms. The zero-order valence-electron chi connectivity index (χ0n) is 9.91. The molecule has 0 N–H and O–H groups in total. The lowest BCUT2D eigenvalue weighted by molar-refractivity contribution is 0.0601. The Morgan fingerprint density at radius 2 is 1.79 bits per heavy atom. The largest absolute Gasteiger partial charge is 0.465 e. The van der Waals surface area contributed by atoms with Crippen LogP contribution in [0.2, 0.25) is 10.0 Å². The van der Waals surface area contributed by atoms with Crippen molar-refractivity contribution in [3.8, 4) is 11.1 Å². The van der Waals surface area contributed by atoms with Crippen LogP contribution in [0.25, 0.3) is 11.1 Å². The van der Waals surface area contributed by atoms with Gasteiger partial charge in [-0.15, -0.1) is 0 Å². The Hall–Kier alpha value is -1.58. The van der Waals surface area contributed by atoms with Crippen molar-refractivity contribution >= 4 is 29.2 Å². The Morgan fingerprint density at radius 3 is 2.42 bits per heavy atom. The molecule has 5 heteroatoms. The number of benzene rings is 2. The van der Waals surface area contributed by atoms with Gasteiger partial charge in [0.25, 0.3) is 0 Å². The van der Waals surface area contributed by atoms with E-state index in [-0.39, 0.29) is 5.56 Å². The summed E-state index contributed by atoms with van der Waals surface area (Å²) in [5.41, 5.74) is 1.20. The van der Waals surface area contributed by atoms with E-state index < -0.39 is 11.8 Å². The van der Waals surface area contributed by atoms with Crippen LogP contribution in [0, 0.1) is 5.82 Å². The lowest BCUT2D eigenvalue weighted by Gasteiger charge is -2.10. The van der Waals surface area contributed by atoms with E-state index in [1.807, 2.05) is 0 Å². The molecule has 0 amide bonds. The van der Waals surface area contributed by atoms with Crippen LogP contribution < -0.4 is 0 Å². The van der Waals surface area contributed by atoms with Crippen molar-refractivity contribution in [1.29, 1.82) is 0 Å². The van der Waals surface area contributed by atoms with Crippen molar-refractivity contribution in [2.24, 2.45) is 0 Å². The number of rotatable bonds is 2. The Bertz CT molecular complexity index is 641. The van der Waals surface area contributed by atoms with Crippen LogP contribution in [0.3, 0.4) is 0 Å². The fourth-order valence-corrected chi connectivity index (χ4v) is 2.25. The van der Waals surface area contributed by atoms with E-state index in [0.717, 1.165) is 6.07 Å². The predicted octanol–water partition coefficient (Wildman–Crippen LogP) is 4.59. The minimum atomic E-state index is -0.625. The van der Waals surface area contributed by atoms with E-state index in [0.29, 0.717) is 21.2 Å². The first kappa shape index (κ1) is 13.8. The second-order valence-corrected chi connectivity index (χ2v) is 4.65. The summed E-state index contributed by atoms with van der Waals surface area (Å²) in [5, 5.41) is 0.861. The maximum absolute atomic E-state index is 13.3. The first-order valence-electron chi connectivity index (χ1n) is 5.36. The molecule has 0 saturated heterocycles. The molecule has 0 aromatic heterocycles. The van der Waals surface area contributed by atoms with Gasteiger partial charge in [-0.2, -0.15) is 0 Å². The zero-order valence-corrected chi connectivity index (χ0v) is 11.4.